The van der Waals surface area contributed by atoms with Gasteiger partial charge < -0.3 is 9.63 Å². The summed E-state index contributed by atoms with van der Waals surface area (Å²) in [6, 6.07) is 9.86. The molecular weight excluding hydrogens is 392 g/mol. The predicted molar refractivity (Wildman–Crippen MR) is 117 cm³/mol. The molecule has 4 rings (SSSR count). The average molecular weight is 421 g/mol. The van der Waals surface area contributed by atoms with Crippen LogP contribution < -0.4 is 0 Å². The van der Waals surface area contributed by atoms with E-state index < -0.39 is 0 Å². The Balaban J connectivity index is 1.58. The Morgan fingerprint density at radius 3 is 2.68 bits per heavy atom. The topological polar surface area (TPSA) is 92.8 Å². The summed E-state index contributed by atoms with van der Waals surface area (Å²) in [5.74, 6) is 0.621. The fraction of sp³-hybridized carbons (Fsp3) is 0.440. The van der Waals surface area contributed by atoms with Crippen LogP contribution in [0.1, 0.15) is 73.3 Å². The number of nitrogens with zero attached hydrogens (tertiary/aromatic N) is 2. The van der Waals surface area contributed by atoms with Crippen molar-refractivity contribution in [3.8, 4) is 0 Å². The summed E-state index contributed by atoms with van der Waals surface area (Å²) in [7, 11) is 0. The Morgan fingerprint density at radius 1 is 1.13 bits per heavy atom. The van der Waals surface area contributed by atoms with Crippen LogP contribution in [0.25, 0.3) is 0 Å². The van der Waals surface area contributed by atoms with E-state index >= 15 is 0 Å². The zero-order valence-corrected chi connectivity index (χ0v) is 18.1. The van der Waals surface area contributed by atoms with Gasteiger partial charge in [-0.3, -0.25) is 14.6 Å². The summed E-state index contributed by atoms with van der Waals surface area (Å²) in [5.41, 5.74) is 2.97. The molecule has 1 fully saturated rings. The van der Waals surface area contributed by atoms with Gasteiger partial charge in [-0.05, 0) is 23.8 Å². The summed E-state index contributed by atoms with van der Waals surface area (Å²) >= 11 is 0. The molecule has 0 unspecified atom stereocenters. The molecule has 0 saturated heterocycles. The van der Waals surface area contributed by atoms with Crippen LogP contribution in [0.2, 0.25) is 0 Å². The molecule has 31 heavy (non-hydrogen) atoms. The molecule has 1 aromatic heterocycles. The molecule has 1 heterocycles. The number of aryl methyl sites for hydroxylation is 2. The lowest BCUT2D eigenvalue weighted by molar-refractivity contribution is -0.117. The Kier molecular flexibility index (Phi) is 5.90. The third-order valence-electron chi connectivity index (χ3n) is 5.95. The van der Waals surface area contributed by atoms with Gasteiger partial charge in [0.15, 0.2) is 11.6 Å². The number of allylic oxidation sites excluding steroid dienone is 2. The molecule has 1 aromatic carbocycles. The first kappa shape index (κ1) is 21.2. The van der Waals surface area contributed by atoms with Crippen molar-refractivity contribution < 1.29 is 19.2 Å². The number of aliphatic hydroxyl groups is 1. The van der Waals surface area contributed by atoms with Gasteiger partial charge >= 0.3 is 0 Å². The Hall–Kier alpha value is -3.02. The molecule has 0 bridgehead atoms. The highest BCUT2D eigenvalue weighted by atomic mass is 16.5. The second kappa shape index (κ2) is 8.61. The Morgan fingerprint density at radius 2 is 1.90 bits per heavy atom. The highest BCUT2D eigenvalue weighted by molar-refractivity contribution is 6.24. The molecule has 0 atom stereocenters. The average Bonchev–Trinajstić information content (AvgIpc) is 3.15. The summed E-state index contributed by atoms with van der Waals surface area (Å²) in [4.78, 5) is 29.9. The molecule has 1 saturated carbocycles. The fourth-order valence-corrected chi connectivity index (χ4v) is 4.44. The van der Waals surface area contributed by atoms with Crippen molar-refractivity contribution >= 4 is 17.3 Å². The van der Waals surface area contributed by atoms with Gasteiger partial charge in [-0.25, -0.2) is 0 Å². The van der Waals surface area contributed by atoms with Gasteiger partial charge in [0.1, 0.15) is 11.5 Å². The summed E-state index contributed by atoms with van der Waals surface area (Å²) < 4.78 is 5.33. The Labute approximate surface area is 182 Å². The highest BCUT2D eigenvalue weighted by Gasteiger charge is 2.36. The molecule has 6 heteroatoms. The van der Waals surface area contributed by atoms with Gasteiger partial charge in [-0.2, -0.15) is 0 Å². The third-order valence-corrected chi connectivity index (χ3v) is 5.95. The van der Waals surface area contributed by atoms with Crippen LogP contribution in [0.15, 0.2) is 51.2 Å². The van der Waals surface area contributed by atoms with Crippen LogP contribution in [0.5, 0.6) is 0 Å². The minimum atomic E-state index is -0.200. The number of aliphatic imine (C=N–C) groups is 1. The van der Waals surface area contributed by atoms with E-state index in [2.05, 4.69) is 5.16 Å². The smallest absolute Gasteiger partial charge is 0.168 e. The molecule has 162 valence electrons. The van der Waals surface area contributed by atoms with Gasteiger partial charge in [0.2, 0.25) is 0 Å². The number of benzene rings is 1. The van der Waals surface area contributed by atoms with Crippen LogP contribution in [-0.4, -0.2) is 27.5 Å². The van der Waals surface area contributed by atoms with E-state index in [0.29, 0.717) is 67.0 Å². The number of hydrogen-bond donors (Lipinski definition) is 1. The van der Waals surface area contributed by atoms with Gasteiger partial charge in [-0.15, -0.1) is 0 Å². The molecule has 0 amide bonds. The van der Waals surface area contributed by atoms with E-state index in [1.807, 2.05) is 44.2 Å². The number of carbonyl (C=O) groups is 2. The number of hydrogen-bond acceptors (Lipinski definition) is 6. The second-order valence-corrected chi connectivity index (χ2v) is 9.22. The van der Waals surface area contributed by atoms with Crippen LogP contribution in [0.4, 0.5) is 0 Å². The molecule has 6 nitrogen and oxygen atoms in total. The fourth-order valence-electron chi connectivity index (χ4n) is 4.44. The van der Waals surface area contributed by atoms with Crippen molar-refractivity contribution in [2.24, 2.45) is 10.4 Å². The number of ketones is 2. The number of Topliss-reactive ketones (excluding diaryl/α,β-unsaturated/α-hetero) is 2. The van der Waals surface area contributed by atoms with E-state index in [1.54, 1.807) is 0 Å². The zero-order valence-electron chi connectivity index (χ0n) is 18.1. The first-order valence-electron chi connectivity index (χ1n) is 10.9. The van der Waals surface area contributed by atoms with Crippen LogP contribution >= 0.6 is 0 Å². The lowest BCUT2D eigenvalue weighted by Gasteiger charge is -2.31. The first-order chi connectivity index (χ1) is 14.8. The molecule has 2 aliphatic carbocycles. The Bertz CT molecular complexity index is 1060. The standard InChI is InChI=1S/C25H28N2O4/c1-25(2)13-18(26-15-16-7-4-3-5-8-16)23(21(30)14-25)20(29)12-11-17-24-19(28)9-6-10-22(24)31-27-17/h3-5,7-8,29H,6,9-15H2,1-2H3/b23-20+,26-18?. The maximum atomic E-state index is 12.9. The minimum Gasteiger partial charge on any atom is -0.511 e. The lowest BCUT2D eigenvalue weighted by atomic mass is 9.73. The van der Waals surface area contributed by atoms with Crippen molar-refractivity contribution in [2.45, 2.75) is 65.3 Å². The zero-order chi connectivity index (χ0) is 22.0. The van der Waals surface area contributed by atoms with Crippen LogP contribution in [-0.2, 0) is 24.2 Å². The molecule has 1 N–H and O–H groups in total. The molecule has 0 spiro atoms. The summed E-state index contributed by atoms with van der Waals surface area (Å²) in [6.45, 7) is 4.55. The van der Waals surface area contributed by atoms with Crippen molar-refractivity contribution in [3.05, 3.63) is 64.2 Å². The van der Waals surface area contributed by atoms with Gasteiger partial charge in [0, 0.05) is 37.8 Å². The monoisotopic (exact) mass is 420 g/mol. The van der Waals surface area contributed by atoms with E-state index in [9.17, 15) is 14.7 Å². The lowest BCUT2D eigenvalue weighted by Crippen LogP contribution is -2.32. The number of aliphatic hydroxyl groups excluding tert-OH is 1. The third kappa shape index (κ3) is 4.68. The van der Waals surface area contributed by atoms with Gasteiger partial charge in [0.05, 0.1) is 23.4 Å². The number of rotatable bonds is 5. The number of fused-ring (bicyclic) bond motifs is 1. The normalized spacial score (nSPS) is 21.3. The van der Waals surface area contributed by atoms with E-state index in [0.717, 1.165) is 12.0 Å². The number of carbonyl (C=O) groups excluding carboxylic acids is 2. The quantitative estimate of drug-likeness (QED) is 0.545. The SMILES string of the molecule is CC1(C)CC(=O)/C(=C(/O)CCc2noc3c2C(=O)CCC3)C(=NCc2ccccc2)C1. The number of aromatic nitrogens is 1. The minimum absolute atomic E-state index is 0.0207. The molecule has 0 aliphatic heterocycles. The molecule has 2 aliphatic rings. The maximum Gasteiger partial charge on any atom is 0.168 e. The van der Waals surface area contributed by atoms with Crippen molar-refractivity contribution in [2.75, 3.05) is 0 Å². The first-order valence-corrected chi connectivity index (χ1v) is 10.9. The second-order valence-electron chi connectivity index (χ2n) is 9.22. The van der Waals surface area contributed by atoms with Crippen molar-refractivity contribution in [1.29, 1.82) is 0 Å². The van der Waals surface area contributed by atoms with Crippen molar-refractivity contribution in [3.63, 3.8) is 0 Å². The molecule has 2 aromatic rings. The predicted octanol–water partition coefficient (Wildman–Crippen LogP) is 4.97. The van der Waals surface area contributed by atoms with Crippen LogP contribution in [0.3, 0.4) is 0 Å². The van der Waals surface area contributed by atoms with Gasteiger partial charge in [0.25, 0.3) is 0 Å². The van der Waals surface area contributed by atoms with Crippen molar-refractivity contribution in [1.82, 2.24) is 5.16 Å². The molecular formula is C25H28N2O4. The largest absolute Gasteiger partial charge is 0.511 e. The summed E-state index contributed by atoms with van der Waals surface area (Å²) in [5, 5.41) is 14.9. The van der Waals surface area contributed by atoms with Gasteiger partial charge in [-0.1, -0.05) is 49.3 Å². The summed E-state index contributed by atoms with van der Waals surface area (Å²) in [6.07, 6.45) is 3.56. The highest BCUT2D eigenvalue weighted by Crippen LogP contribution is 2.36. The van der Waals surface area contributed by atoms with E-state index in [4.69, 9.17) is 9.52 Å². The van der Waals surface area contributed by atoms with Crippen LogP contribution in [0, 0.1) is 5.41 Å². The van der Waals surface area contributed by atoms with E-state index in [1.165, 1.54) is 0 Å². The maximum absolute atomic E-state index is 12.9. The van der Waals surface area contributed by atoms with E-state index in [-0.39, 0.29) is 29.2 Å². The molecule has 0 radical (unpaired) electrons.